The number of fused-ring (bicyclic) bond motifs is 1. The van der Waals surface area contributed by atoms with Gasteiger partial charge in [0, 0.05) is 36.6 Å². The molecule has 2 N–H and O–H groups in total. The Hall–Kier alpha value is -2.59. The lowest BCUT2D eigenvalue weighted by molar-refractivity contribution is -0.136. The molecule has 4 heteroatoms. The number of H-pyrrole nitrogens is 1. The maximum Gasteiger partial charge on any atom is 0.223 e. The molecule has 4 rings (SSSR count). The molecule has 1 saturated heterocycles. The van der Waals surface area contributed by atoms with Crippen molar-refractivity contribution in [2.24, 2.45) is 0 Å². The van der Waals surface area contributed by atoms with E-state index in [-0.39, 0.29) is 11.8 Å². The SMILES string of the molecule is CCC(CC(=O)N1CCC(O)(c2ccc(C)cc2)CC1)c1c[nH]c2ccccc12. The highest BCUT2D eigenvalue weighted by atomic mass is 16.3. The summed E-state index contributed by atoms with van der Waals surface area (Å²) in [6, 6.07) is 16.4. The quantitative estimate of drug-likeness (QED) is 0.653. The van der Waals surface area contributed by atoms with Crippen molar-refractivity contribution in [3.05, 3.63) is 71.4 Å². The number of hydrogen-bond donors (Lipinski definition) is 2. The number of carbonyl (C=O) groups is 1. The molecule has 0 aliphatic carbocycles. The Morgan fingerprint density at radius 2 is 1.83 bits per heavy atom. The summed E-state index contributed by atoms with van der Waals surface area (Å²) in [6.07, 6.45) is 4.67. The standard InChI is InChI=1S/C25H30N2O2/c1-3-19(22-17-26-23-7-5-4-6-21(22)23)16-24(28)27-14-12-25(29,13-15-27)20-10-8-18(2)9-11-20/h4-11,17,19,26,29H,3,12-16H2,1-2H3. The van der Waals surface area contributed by atoms with Gasteiger partial charge in [0.15, 0.2) is 0 Å². The predicted octanol–water partition coefficient (Wildman–Crippen LogP) is 4.87. The lowest BCUT2D eigenvalue weighted by Gasteiger charge is -2.39. The summed E-state index contributed by atoms with van der Waals surface area (Å²) in [6.45, 7) is 5.40. The molecule has 152 valence electrons. The Morgan fingerprint density at radius 3 is 2.52 bits per heavy atom. The van der Waals surface area contributed by atoms with Crippen LogP contribution in [0.3, 0.4) is 0 Å². The molecule has 1 unspecified atom stereocenters. The first-order valence-electron chi connectivity index (χ1n) is 10.6. The number of likely N-dealkylation sites (tertiary alicyclic amines) is 1. The number of amides is 1. The van der Waals surface area contributed by atoms with Crippen molar-refractivity contribution < 1.29 is 9.90 Å². The summed E-state index contributed by atoms with van der Waals surface area (Å²) in [5.74, 6) is 0.393. The number of nitrogens with one attached hydrogen (secondary N) is 1. The second-order valence-electron chi connectivity index (χ2n) is 8.38. The predicted molar refractivity (Wildman–Crippen MR) is 117 cm³/mol. The second kappa shape index (κ2) is 8.03. The average molecular weight is 391 g/mol. The topological polar surface area (TPSA) is 56.3 Å². The maximum absolute atomic E-state index is 13.0. The fraction of sp³-hybridized carbons (Fsp3) is 0.400. The number of carbonyl (C=O) groups excluding carboxylic acids is 1. The first-order chi connectivity index (χ1) is 14.0. The molecule has 1 fully saturated rings. The van der Waals surface area contributed by atoms with E-state index in [0.717, 1.165) is 17.5 Å². The molecule has 1 amide bonds. The normalized spacial score (nSPS) is 17.4. The van der Waals surface area contributed by atoms with Gasteiger partial charge in [-0.1, -0.05) is 55.0 Å². The van der Waals surface area contributed by atoms with Gasteiger partial charge in [-0.05, 0) is 49.3 Å². The molecular weight excluding hydrogens is 360 g/mol. The number of nitrogens with zero attached hydrogens (tertiary/aromatic N) is 1. The zero-order valence-electron chi connectivity index (χ0n) is 17.3. The Balaban J connectivity index is 1.42. The van der Waals surface area contributed by atoms with Gasteiger partial charge in [0.25, 0.3) is 0 Å². The number of aryl methyl sites for hydroxylation is 1. The number of aliphatic hydroxyl groups is 1. The summed E-state index contributed by atoms with van der Waals surface area (Å²) in [5.41, 5.74) is 3.67. The van der Waals surface area contributed by atoms with Gasteiger partial charge in [0.1, 0.15) is 0 Å². The van der Waals surface area contributed by atoms with Gasteiger partial charge >= 0.3 is 0 Å². The van der Waals surface area contributed by atoms with Crippen molar-refractivity contribution in [3.63, 3.8) is 0 Å². The zero-order valence-corrected chi connectivity index (χ0v) is 17.3. The zero-order chi connectivity index (χ0) is 20.4. The first kappa shape index (κ1) is 19.7. The van der Waals surface area contributed by atoms with E-state index in [4.69, 9.17) is 0 Å². The molecule has 1 atom stereocenters. The van der Waals surface area contributed by atoms with Crippen molar-refractivity contribution in [2.75, 3.05) is 13.1 Å². The van der Waals surface area contributed by atoms with Gasteiger partial charge in [-0.15, -0.1) is 0 Å². The van der Waals surface area contributed by atoms with Crippen LogP contribution in [0, 0.1) is 6.92 Å². The highest BCUT2D eigenvalue weighted by Crippen LogP contribution is 2.35. The fourth-order valence-electron chi connectivity index (χ4n) is 4.52. The van der Waals surface area contributed by atoms with Crippen LogP contribution in [-0.4, -0.2) is 34.0 Å². The van der Waals surface area contributed by atoms with Crippen LogP contribution in [0.2, 0.25) is 0 Å². The van der Waals surface area contributed by atoms with E-state index >= 15 is 0 Å². The number of aromatic amines is 1. The summed E-state index contributed by atoms with van der Waals surface area (Å²) in [5, 5.41) is 12.3. The lowest BCUT2D eigenvalue weighted by atomic mass is 9.83. The largest absolute Gasteiger partial charge is 0.385 e. The molecule has 0 spiro atoms. The van der Waals surface area contributed by atoms with Gasteiger partial charge < -0.3 is 15.0 Å². The van der Waals surface area contributed by atoms with E-state index in [1.54, 1.807) is 0 Å². The molecule has 2 aromatic carbocycles. The monoisotopic (exact) mass is 390 g/mol. The van der Waals surface area contributed by atoms with Crippen LogP contribution >= 0.6 is 0 Å². The molecule has 0 saturated carbocycles. The van der Waals surface area contributed by atoms with Gasteiger partial charge in [-0.2, -0.15) is 0 Å². The number of piperidine rings is 1. The van der Waals surface area contributed by atoms with Crippen molar-refractivity contribution in [1.29, 1.82) is 0 Å². The van der Waals surface area contributed by atoms with E-state index in [0.29, 0.717) is 32.4 Å². The minimum atomic E-state index is -0.828. The molecule has 1 aliphatic rings. The number of aromatic nitrogens is 1. The van der Waals surface area contributed by atoms with Crippen LogP contribution in [-0.2, 0) is 10.4 Å². The number of hydrogen-bond acceptors (Lipinski definition) is 2. The Labute approximate surface area is 172 Å². The lowest BCUT2D eigenvalue weighted by Crippen LogP contribution is -2.45. The van der Waals surface area contributed by atoms with Crippen molar-refractivity contribution >= 4 is 16.8 Å². The Bertz CT molecular complexity index is 981. The summed E-state index contributed by atoms with van der Waals surface area (Å²) < 4.78 is 0. The van der Waals surface area contributed by atoms with Crippen LogP contribution in [0.5, 0.6) is 0 Å². The number of para-hydroxylation sites is 1. The molecule has 0 radical (unpaired) electrons. The third kappa shape index (κ3) is 3.95. The van der Waals surface area contributed by atoms with Crippen LogP contribution < -0.4 is 0 Å². The highest BCUT2D eigenvalue weighted by molar-refractivity contribution is 5.85. The Morgan fingerprint density at radius 1 is 1.14 bits per heavy atom. The van der Waals surface area contributed by atoms with Crippen molar-refractivity contribution in [2.45, 2.75) is 51.0 Å². The summed E-state index contributed by atoms with van der Waals surface area (Å²) in [7, 11) is 0. The summed E-state index contributed by atoms with van der Waals surface area (Å²) >= 11 is 0. The molecule has 29 heavy (non-hydrogen) atoms. The molecule has 0 bridgehead atoms. The van der Waals surface area contributed by atoms with Gasteiger partial charge in [0.05, 0.1) is 5.60 Å². The second-order valence-corrected chi connectivity index (χ2v) is 8.38. The van der Waals surface area contributed by atoms with Crippen molar-refractivity contribution in [1.82, 2.24) is 9.88 Å². The number of rotatable bonds is 5. The third-order valence-corrected chi connectivity index (χ3v) is 6.51. The minimum absolute atomic E-state index is 0.188. The van der Waals surface area contributed by atoms with Crippen LogP contribution in [0.15, 0.2) is 54.7 Å². The first-order valence-corrected chi connectivity index (χ1v) is 10.6. The van der Waals surface area contributed by atoms with Gasteiger partial charge in [-0.25, -0.2) is 0 Å². The molecule has 3 aromatic rings. The molecule has 4 nitrogen and oxygen atoms in total. The smallest absolute Gasteiger partial charge is 0.223 e. The fourth-order valence-corrected chi connectivity index (χ4v) is 4.52. The van der Waals surface area contributed by atoms with E-state index < -0.39 is 5.60 Å². The molecule has 2 heterocycles. The molecule has 1 aliphatic heterocycles. The van der Waals surface area contributed by atoms with Gasteiger partial charge in [0.2, 0.25) is 5.91 Å². The highest BCUT2D eigenvalue weighted by Gasteiger charge is 2.35. The van der Waals surface area contributed by atoms with Crippen molar-refractivity contribution in [3.8, 4) is 0 Å². The Kier molecular flexibility index (Phi) is 5.46. The molecule has 1 aromatic heterocycles. The maximum atomic E-state index is 13.0. The number of benzene rings is 2. The van der Waals surface area contributed by atoms with Crippen LogP contribution in [0.1, 0.15) is 55.2 Å². The van der Waals surface area contributed by atoms with E-state index in [1.807, 2.05) is 48.2 Å². The average Bonchev–Trinajstić information content (AvgIpc) is 3.17. The van der Waals surface area contributed by atoms with E-state index in [2.05, 4.69) is 30.2 Å². The van der Waals surface area contributed by atoms with Gasteiger partial charge in [-0.3, -0.25) is 4.79 Å². The molecular formula is C25H30N2O2. The van der Waals surface area contributed by atoms with Crippen LogP contribution in [0.25, 0.3) is 10.9 Å². The summed E-state index contributed by atoms with van der Waals surface area (Å²) in [4.78, 5) is 18.3. The minimum Gasteiger partial charge on any atom is -0.385 e. The van der Waals surface area contributed by atoms with E-state index in [1.165, 1.54) is 16.5 Å². The van der Waals surface area contributed by atoms with Crippen LogP contribution in [0.4, 0.5) is 0 Å². The third-order valence-electron chi connectivity index (χ3n) is 6.51. The van der Waals surface area contributed by atoms with E-state index in [9.17, 15) is 9.90 Å².